The van der Waals surface area contributed by atoms with Gasteiger partial charge in [-0.05, 0) is 24.6 Å². The number of phenolic OH excluding ortho intramolecular Hbond substituents is 1. The molecule has 1 amide bonds. The van der Waals surface area contributed by atoms with Crippen LogP contribution in [0.1, 0.15) is 5.56 Å². The molecule has 68 valence electrons. The van der Waals surface area contributed by atoms with Crippen LogP contribution in [0.5, 0.6) is 5.75 Å². The molecular formula is C10H11NO2. The van der Waals surface area contributed by atoms with E-state index in [1.807, 2.05) is 6.92 Å². The summed E-state index contributed by atoms with van der Waals surface area (Å²) < 4.78 is 0. The van der Waals surface area contributed by atoms with Crippen molar-refractivity contribution in [1.82, 2.24) is 0 Å². The molecule has 0 unspecified atom stereocenters. The minimum atomic E-state index is -0.284. The summed E-state index contributed by atoms with van der Waals surface area (Å²) in [6.45, 7) is 5.18. The molecule has 0 aromatic heterocycles. The van der Waals surface area contributed by atoms with Crippen LogP contribution in [0, 0.1) is 6.92 Å². The summed E-state index contributed by atoms with van der Waals surface area (Å²) in [6, 6.07) is 4.80. The Morgan fingerprint density at radius 2 is 2.31 bits per heavy atom. The average molecular weight is 177 g/mol. The summed E-state index contributed by atoms with van der Waals surface area (Å²) in [5, 5.41) is 11.7. The Labute approximate surface area is 76.7 Å². The summed E-state index contributed by atoms with van der Waals surface area (Å²) in [5.74, 6) is -0.154. The number of rotatable bonds is 2. The van der Waals surface area contributed by atoms with Crippen LogP contribution in [-0.4, -0.2) is 11.0 Å². The monoisotopic (exact) mass is 177 g/mol. The molecule has 1 aromatic carbocycles. The van der Waals surface area contributed by atoms with Gasteiger partial charge in [0.05, 0.1) is 0 Å². The molecule has 2 N–H and O–H groups in total. The van der Waals surface area contributed by atoms with Crippen molar-refractivity contribution in [3.63, 3.8) is 0 Å². The fourth-order valence-electron chi connectivity index (χ4n) is 0.928. The van der Waals surface area contributed by atoms with E-state index in [9.17, 15) is 4.79 Å². The number of nitrogens with one attached hydrogen (secondary N) is 1. The molecule has 1 rings (SSSR count). The Kier molecular flexibility index (Phi) is 2.69. The average Bonchev–Trinajstić information content (AvgIpc) is 2.11. The number of aromatic hydroxyl groups is 1. The Morgan fingerprint density at radius 1 is 1.62 bits per heavy atom. The third-order valence-corrected chi connectivity index (χ3v) is 1.66. The van der Waals surface area contributed by atoms with Gasteiger partial charge in [0.25, 0.3) is 0 Å². The maximum atomic E-state index is 10.9. The molecule has 0 heterocycles. The fraction of sp³-hybridized carbons (Fsp3) is 0.100. The smallest absolute Gasteiger partial charge is 0.247 e. The first-order chi connectivity index (χ1) is 6.13. The second kappa shape index (κ2) is 3.76. The van der Waals surface area contributed by atoms with Gasteiger partial charge in [-0.3, -0.25) is 4.79 Å². The first-order valence-electron chi connectivity index (χ1n) is 3.86. The first-order valence-corrected chi connectivity index (χ1v) is 3.86. The quantitative estimate of drug-likeness (QED) is 0.677. The van der Waals surface area contributed by atoms with E-state index in [-0.39, 0.29) is 11.7 Å². The van der Waals surface area contributed by atoms with Gasteiger partial charge in [0, 0.05) is 11.8 Å². The Morgan fingerprint density at radius 3 is 2.92 bits per heavy atom. The van der Waals surface area contributed by atoms with Crippen LogP contribution in [0.3, 0.4) is 0 Å². The van der Waals surface area contributed by atoms with E-state index in [2.05, 4.69) is 11.9 Å². The van der Waals surface area contributed by atoms with E-state index in [0.29, 0.717) is 5.69 Å². The molecule has 0 bridgehead atoms. The predicted octanol–water partition coefficient (Wildman–Crippen LogP) is 1.83. The van der Waals surface area contributed by atoms with E-state index >= 15 is 0 Å². The van der Waals surface area contributed by atoms with Crippen LogP contribution in [0.4, 0.5) is 5.69 Å². The van der Waals surface area contributed by atoms with Crippen molar-refractivity contribution in [1.29, 1.82) is 0 Å². The molecule has 0 spiro atoms. The third-order valence-electron chi connectivity index (χ3n) is 1.66. The van der Waals surface area contributed by atoms with Gasteiger partial charge >= 0.3 is 0 Å². The molecule has 3 nitrogen and oxygen atoms in total. The molecule has 0 atom stereocenters. The van der Waals surface area contributed by atoms with Gasteiger partial charge in [0.1, 0.15) is 5.75 Å². The second-order valence-corrected chi connectivity index (χ2v) is 2.69. The van der Waals surface area contributed by atoms with Crippen molar-refractivity contribution in [2.45, 2.75) is 6.92 Å². The second-order valence-electron chi connectivity index (χ2n) is 2.69. The molecule has 0 fully saturated rings. The highest BCUT2D eigenvalue weighted by Gasteiger charge is 2.01. The van der Waals surface area contributed by atoms with E-state index in [0.717, 1.165) is 5.56 Å². The van der Waals surface area contributed by atoms with Crippen molar-refractivity contribution in [2.75, 3.05) is 5.32 Å². The van der Waals surface area contributed by atoms with Crippen molar-refractivity contribution in [3.05, 3.63) is 36.4 Å². The third kappa shape index (κ3) is 2.33. The molecule has 3 heteroatoms. The van der Waals surface area contributed by atoms with Crippen LogP contribution in [0.15, 0.2) is 30.9 Å². The Hall–Kier alpha value is -1.77. The van der Waals surface area contributed by atoms with Crippen LogP contribution in [-0.2, 0) is 4.79 Å². The lowest BCUT2D eigenvalue weighted by atomic mass is 10.2. The maximum absolute atomic E-state index is 10.9. The number of phenols is 1. The van der Waals surface area contributed by atoms with E-state index in [1.54, 1.807) is 12.1 Å². The standard InChI is InChI=1S/C10H11NO2/c1-3-10(13)11-9-6-8(12)5-4-7(9)2/h3-6,12H,1H2,2H3,(H,11,13). The van der Waals surface area contributed by atoms with Crippen LogP contribution < -0.4 is 5.32 Å². The van der Waals surface area contributed by atoms with Crippen LogP contribution in [0.25, 0.3) is 0 Å². The van der Waals surface area contributed by atoms with Gasteiger partial charge < -0.3 is 10.4 Å². The molecule has 0 saturated carbocycles. The minimum Gasteiger partial charge on any atom is -0.508 e. The maximum Gasteiger partial charge on any atom is 0.247 e. The number of hydrogen-bond donors (Lipinski definition) is 2. The lowest BCUT2D eigenvalue weighted by Gasteiger charge is -2.05. The summed E-state index contributed by atoms with van der Waals surface area (Å²) in [4.78, 5) is 10.9. The van der Waals surface area contributed by atoms with E-state index < -0.39 is 0 Å². The normalized spacial score (nSPS) is 9.31. The largest absolute Gasteiger partial charge is 0.508 e. The summed E-state index contributed by atoms with van der Waals surface area (Å²) in [5.41, 5.74) is 1.50. The lowest BCUT2D eigenvalue weighted by Crippen LogP contribution is -2.08. The zero-order valence-corrected chi connectivity index (χ0v) is 7.37. The van der Waals surface area contributed by atoms with Gasteiger partial charge in [0.2, 0.25) is 5.91 Å². The van der Waals surface area contributed by atoms with Crippen LogP contribution in [0.2, 0.25) is 0 Å². The van der Waals surface area contributed by atoms with E-state index in [4.69, 9.17) is 5.11 Å². The number of carbonyl (C=O) groups is 1. The topological polar surface area (TPSA) is 49.3 Å². The van der Waals surface area contributed by atoms with Crippen molar-refractivity contribution >= 4 is 11.6 Å². The number of carbonyl (C=O) groups excluding carboxylic acids is 1. The highest BCUT2D eigenvalue weighted by Crippen LogP contribution is 2.20. The number of anilines is 1. The van der Waals surface area contributed by atoms with Crippen molar-refractivity contribution in [3.8, 4) is 5.75 Å². The lowest BCUT2D eigenvalue weighted by molar-refractivity contribution is -0.111. The van der Waals surface area contributed by atoms with Crippen molar-refractivity contribution in [2.24, 2.45) is 0 Å². The Balaban J connectivity index is 2.93. The highest BCUT2D eigenvalue weighted by atomic mass is 16.3. The predicted molar refractivity (Wildman–Crippen MR) is 51.7 cm³/mol. The SMILES string of the molecule is C=CC(=O)Nc1cc(O)ccc1C. The zero-order chi connectivity index (χ0) is 9.84. The van der Waals surface area contributed by atoms with Gasteiger partial charge in [-0.25, -0.2) is 0 Å². The summed E-state index contributed by atoms with van der Waals surface area (Å²) in [7, 11) is 0. The van der Waals surface area contributed by atoms with Crippen molar-refractivity contribution < 1.29 is 9.90 Å². The minimum absolute atomic E-state index is 0.130. The molecular weight excluding hydrogens is 166 g/mol. The fourth-order valence-corrected chi connectivity index (χ4v) is 0.928. The van der Waals surface area contributed by atoms with E-state index in [1.165, 1.54) is 12.1 Å². The summed E-state index contributed by atoms with van der Waals surface area (Å²) >= 11 is 0. The zero-order valence-electron chi connectivity index (χ0n) is 7.37. The number of benzene rings is 1. The molecule has 0 aliphatic carbocycles. The molecule has 13 heavy (non-hydrogen) atoms. The van der Waals surface area contributed by atoms with Gasteiger partial charge in [-0.1, -0.05) is 12.6 Å². The number of aryl methyl sites for hydroxylation is 1. The first kappa shape index (κ1) is 9.32. The number of hydrogen-bond acceptors (Lipinski definition) is 2. The Bertz CT molecular complexity index is 345. The molecule has 0 saturated heterocycles. The molecule has 0 aliphatic heterocycles. The van der Waals surface area contributed by atoms with Gasteiger partial charge in [-0.2, -0.15) is 0 Å². The van der Waals surface area contributed by atoms with Gasteiger partial charge in [0.15, 0.2) is 0 Å². The molecule has 1 aromatic rings. The summed E-state index contributed by atoms with van der Waals surface area (Å²) in [6.07, 6.45) is 1.18. The highest BCUT2D eigenvalue weighted by molar-refractivity contribution is 5.99. The number of amides is 1. The molecule has 0 aliphatic rings. The molecule has 0 radical (unpaired) electrons. The van der Waals surface area contributed by atoms with Crippen LogP contribution >= 0.6 is 0 Å². The van der Waals surface area contributed by atoms with Gasteiger partial charge in [-0.15, -0.1) is 0 Å².